The summed E-state index contributed by atoms with van der Waals surface area (Å²) < 4.78 is 0. The van der Waals surface area contributed by atoms with E-state index >= 15 is 0 Å². The Morgan fingerprint density at radius 1 is 1.64 bits per heavy atom. The van der Waals surface area contributed by atoms with Crippen LogP contribution in [0.25, 0.3) is 11.2 Å². The number of aromatic amines is 1. The Bertz CT molecular complexity index is 430. The molecule has 0 spiro atoms. The van der Waals surface area contributed by atoms with Crippen molar-refractivity contribution in [2.45, 2.75) is 6.92 Å². The predicted molar refractivity (Wildman–Crippen MR) is 51.9 cm³/mol. The lowest BCUT2D eigenvalue weighted by Gasteiger charge is -1.95. The normalized spacial score (nSPS) is 10.4. The van der Waals surface area contributed by atoms with E-state index in [1.165, 1.54) is 0 Å². The number of H-pyrrole nitrogens is 1. The summed E-state index contributed by atoms with van der Waals surface area (Å²) in [6, 6.07) is 3.63. The van der Waals surface area contributed by atoms with Crippen LogP contribution in [0.5, 0.6) is 0 Å². The third-order valence-electron chi connectivity index (χ3n) is 1.81. The first-order valence-corrected chi connectivity index (χ1v) is 4.40. The lowest BCUT2D eigenvalue weighted by Crippen LogP contribution is -2.23. The largest absolute Gasteiger partial charge is 0.350 e. The number of imidazole rings is 1. The van der Waals surface area contributed by atoms with Gasteiger partial charge in [0.15, 0.2) is 11.5 Å². The van der Waals surface area contributed by atoms with Gasteiger partial charge in [-0.25, -0.2) is 9.97 Å². The number of rotatable bonds is 2. The Kier molecular flexibility index (Phi) is 2.14. The van der Waals surface area contributed by atoms with Crippen molar-refractivity contribution in [1.29, 1.82) is 0 Å². The number of nitrogens with one attached hydrogen (secondary N) is 2. The molecule has 5 nitrogen and oxygen atoms in total. The Morgan fingerprint density at radius 2 is 2.50 bits per heavy atom. The van der Waals surface area contributed by atoms with Gasteiger partial charge in [-0.05, 0) is 19.1 Å². The van der Waals surface area contributed by atoms with Crippen LogP contribution in [0.15, 0.2) is 18.3 Å². The Morgan fingerprint density at radius 3 is 3.21 bits per heavy atom. The molecule has 5 heteroatoms. The van der Waals surface area contributed by atoms with E-state index in [0.717, 1.165) is 5.52 Å². The topological polar surface area (TPSA) is 70.7 Å². The molecule has 2 aromatic heterocycles. The third kappa shape index (κ3) is 1.44. The monoisotopic (exact) mass is 190 g/mol. The molecule has 72 valence electrons. The van der Waals surface area contributed by atoms with Gasteiger partial charge in [0.25, 0.3) is 5.91 Å². The molecule has 2 rings (SSSR count). The summed E-state index contributed by atoms with van der Waals surface area (Å²) in [5.74, 6) is 0.103. The van der Waals surface area contributed by atoms with Crippen LogP contribution in [0.2, 0.25) is 0 Å². The van der Waals surface area contributed by atoms with Crippen molar-refractivity contribution < 1.29 is 4.79 Å². The number of amides is 1. The molecule has 0 aliphatic carbocycles. The van der Waals surface area contributed by atoms with E-state index in [1.807, 2.05) is 13.0 Å². The molecule has 2 N–H and O–H groups in total. The quantitative estimate of drug-likeness (QED) is 0.732. The highest BCUT2D eigenvalue weighted by atomic mass is 16.2. The number of hydrogen-bond acceptors (Lipinski definition) is 3. The first kappa shape index (κ1) is 8.68. The molecule has 0 aliphatic heterocycles. The summed E-state index contributed by atoms with van der Waals surface area (Å²) in [7, 11) is 0. The van der Waals surface area contributed by atoms with Crippen LogP contribution in [0.4, 0.5) is 0 Å². The zero-order chi connectivity index (χ0) is 9.97. The Balaban J connectivity index is 2.40. The van der Waals surface area contributed by atoms with Crippen molar-refractivity contribution >= 4 is 17.1 Å². The second-order valence-electron chi connectivity index (χ2n) is 2.82. The predicted octanol–water partition coefficient (Wildman–Crippen LogP) is 0.708. The van der Waals surface area contributed by atoms with Gasteiger partial charge in [0.2, 0.25) is 0 Å². The zero-order valence-electron chi connectivity index (χ0n) is 7.74. The molecule has 0 bridgehead atoms. The maximum Gasteiger partial charge on any atom is 0.287 e. The summed E-state index contributed by atoms with van der Waals surface area (Å²) in [5, 5.41) is 2.66. The van der Waals surface area contributed by atoms with Crippen molar-refractivity contribution in [2.24, 2.45) is 0 Å². The molecule has 2 heterocycles. The Hall–Kier alpha value is -1.91. The minimum absolute atomic E-state index is 0.203. The maximum absolute atomic E-state index is 11.4. The molecule has 0 aliphatic rings. The smallest absolute Gasteiger partial charge is 0.287 e. The summed E-state index contributed by atoms with van der Waals surface area (Å²) in [6.45, 7) is 2.45. The minimum atomic E-state index is -0.203. The van der Waals surface area contributed by atoms with E-state index in [9.17, 15) is 4.79 Å². The van der Waals surface area contributed by atoms with E-state index in [1.54, 1.807) is 12.3 Å². The van der Waals surface area contributed by atoms with Gasteiger partial charge in [-0.1, -0.05) is 0 Å². The standard InChI is InChI=1S/C9H10N4O/c1-2-10-9(14)8-12-6-4-3-5-11-7(6)13-8/h3-5H,2H2,1H3,(H,10,14)(H,11,12,13). The maximum atomic E-state index is 11.4. The fraction of sp³-hybridized carbons (Fsp3) is 0.222. The van der Waals surface area contributed by atoms with Crippen molar-refractivity contribution in [1.82, 2.24) is 20.3 Å². The molecule has 0 unspecified atom stereocenters. The summed E-state index contributed by atoms with van der Waals surface area (Å²) in [5.41, 5.74) is 1.34. The number of aromatic nitrogens is 3. The molecular weight excluding hydrogens is 180 g/mol. The van der Waals surface area contributed by atoms with E-state index < -0.39 is 0 Å². The van der Waals surface area contributed by atoms with Gasteiger partial charge in [-0.15, -0.1) is 0 Å². The van der Waals surface area contributed by atoms with Crippen LogP contribution < -0.4 is 5.32 Å². The third-order valence-corrected chi connectivity index (χ3v) is 1.81. The molecule has 0 saturated carbocycles. The second-order valence-corrected chi connectivity index (χ2v) is 2.82. The molecule has 2 aromatic rings. The van der Waals surface area contributed by atoms with Crippen molar-refractivity contribution in [3.63, 3.8) is 0 Å². The van der Waals surface area contributed by atoms with Gasteiger partial charge in [0.05, 0.1) is 5.52 Å². The number of carbonyl (C=O) groups is 1. The van der Waals surface area contributed by atoms with Crippen molar-refractivity contribution in [2.75, 3.05) is 6.54 Å². The number of hydrogen-bond donors (Lipinski definition) is 2. The fourth-order valence-corrected chi connectivity index (χ4v) is 1.20. The minimum Gasteiger partial charge on any atom is -0.350 e. The van der Waals surface area contributed by atoms with E-state index in [2.05, 4.69) is 20.3 Å². The number of nitrogens with zero attached hydrogens (tertiary/aromatic N) is 2. The number of fused-ring (bicyclic) bond motifs is 1. The molecule has 0 atom stereocenters. The van der Waals surface area contributed by atoms with Gasteiger partial charge < -0.3 is 10.3 Å². The first-order valence-electron chi connectivity index (χ1n) is 4.40. The summed E-state index contributed by atoms with van der Waals surface area (Å²) in [6.07, 6.45) is 1.64. The van der Waals surface area contributed by atoms with Crippen LogP contribution in [-0.2, 0) is 0 Å². The zero-order valence-corrected chi connectivity index (χ0v) is 7.74. The lowest BCUT2D eigenvalue weighted by molar-refractivity contribution is 0.0946. The SMILES string of the molecule is CCNC(=O)c1nc2ncccc2[nH]1. The van der Waals surface area contributed by atoms with Crippen molar-refractivity contribution in [3.8, 4) is 0 Å². The Labute approximate surface area is 80.6 Å². The van der Waals surface area contributed by atoms with Gasteiger partial charge in [0.1, 0.15) is 0 Å². The van der Waals surface area contributed by atoms with Gasteiger partial charge >= 0.3 is 0 Å². The van der Waals surface area contributed by atoms with Crippen LogP contribution in [0, 0.1) is 0 Å². The van der Waals surface area contributed by atoms with E-state index in [-0.39, 0.29) is 5.91 Å². The highest BCUT2D eigenvalue weighted by Crippen LogP contribution is 2.06. The van der Waals surface area contributed by atoms with E-state index in [4.69, 9.17) is 0 Å². The highest BCUT2D eigenvalue weighted by molar-refractivity contribution is 5.93. The van der Waals surface area contributed by atoms with Gasteiger partial charge in [-0.3, -0.25) is 4.79 Å². The molecule has 0 saturated heterocycles. The number of pyridine rings is 1. The molecule has 0 fully saturated rings. The average Bonchev–Trinajstić information content (AvgIpc) is 2.61. The van der Waals surface area contributed by atoms with Crippen LogP contribution in [0.3, 0.4) is 0 Å². The van der Waals surface area contributed by atoms with Crippen LogP contribution in [-0.4, -0.2) is 27.4 Å². The van der Waals surface area contributed by atoms with Crippen LogP contribution in [0.1, 0.15) is 17.5 Å². The van der Waals surface area contributed by atoms with Gasteiger partial charge in [0, 0.05) is 12.7 Å². The first-order chi connectivity index (χ1) is 6.81. The molecule has 0 radical (unpaired) electrons. The van der Waals surface area contributed by atoms with Crippen molar-refractivity contribution in [3.05, 3.63) is 24.2 Å². The molecule has 0 aromatic carbocycles. The molecule has 1 amide bonds. The highest BCUT2D eigenvalue weighted by Gasteiger charge is 2.09. The fourth-order valence-electron chi connectivity index (χ4n) is 1.20. The van der Waals surface area contributed by atoms with Gasteiger partial charge in [-0.2, -0.15) is 0 Å². The van der Waals surface area contributed by atoms with E-state index in [0.29, 0.717) is 18.0 Å². The average molecular weight is 190 g/mol. The molecule has 14 heavy (non-hydrogen) atoms. The summed E-state index contributed by atoms with van der Waals surface area (Å²) in [4.78, 5) is 22.4. The lowest BCUT2D eigenvalue weighted by atomic mass is 10.4. The number of carbonyl (C=O) groups excluding carboxylic acids is 1. The summed E-state index contributed by atoms with van der Waals surface area (Å²) >= 11 is 0. The molecular formula is C9H10N4O. The van der Waals surface area contributed by atoms with Crippen LogP contribution >= 0.6 is 0 Å². The second kappa shape index (κ2) is 3.45.